The Hall–Kier alpha value is -2.64. The summed E-state index contributed by atoms with van der Waals surface area (Å²) in [5.74, 6) is 0. The van der Waals surface area contributed by atoms with Crippen molar-refractivity contribution in [3.8, 4) is 0 Å². The Morgan fingerprint density at radius 3 is 1.56 bits per heavy atom. The lowest BCUT2D eigenvalue weighted by molar-refractivity contribution is 1.11. The van der Waals surface area contributed by atoms with Gasteiger partial charge in [0.15, 0.2) is 0 Å². The van der Waals surface area contributed by atoms with Crippen molar-refractivity contribution < 1.29 is 0 Å². The van der Waals surface area contributed by atoms with Crippen LogP contribution in [0.2, 0.25) is 0 Å². The SMILES string of the molecule is C1=CC([Si](c2ccccc2)C2C=Cc3ccccc32)c2ccccc21. The lowest BCUT2D eigenvalue weighted by Gasteiger charge is -2.28. The van der Waals surface area contributed by atoms with Crippen LogP contribution >= 0.6 is 0 Å². The second-order valence-electron chi connectivity index (χ2n) is 6.75. The molecule has 0 spiro atoms. The third kappa shape index (κ3) is 2.43. The summed E-state index contributed by atoms with van der Waals surface area (Å²) < 4.78 is 0. The highest BCUT2D eigenvalue weighted by Gasteiger charge is 2.36. The smallest absolute Gasteiger partial charge is 0.0789 e. The van der Waals surface area contributed by atoms with Gasteiger partial charge in [0.2, 0.25) is 0 Å². The van der Waals surface area contributed by atoms with Crippen molar-refractivity contribution >= 4 is 26.1 Å². The molecule has 2 aliphatic rings. The largest absolute Gasteiger partial charge is 0.109 e. The Bertz CT molecular complexity index is 907. The predicted molar refractivity (Wildman–Crippen MR) is 108 cm³/mol. The zero-order chi connectivity index (χ0) is 16.6. The zero-order valence-electron chi connectivity index (χ0n) is 14.0. The van der Waals surface area contributed by atoms with E-state index in [9.17, 15) is 0 Å². The van der Waals surface area contributed by atoms with Gasteiger partial charge in [-0.25, -0.2) is 0 Å². The Morgan fingerprint density at radius 2 is 1.00 bits per heavy atom. The molecule has 0 heterocycles. The number of fused-ring (bicyclic) bond motifs is 2. The van der Waals surface area contributed by atoms with E-state index in [0.29, 0.717) is 11.1 Å². The van der Waals surface area contributed by atoms with Crippen LogP contribution in [-0.4, -0.2) is 8.80 Å². The maximum Gasteiger partial charge on any atom is 0.109 e. The van der Waals surface area contributed by atoms with Gasteiger partial charge in [0.05, 0.1) is 0 Å². The molecular formula is C24H19Si. The first-order chi connectivity index (χ1) is 12.4. The fraction of sp³-hybridized carbons (Fsp3) is 0.0833. The summed E-state index contributed by atoms with van der Waals surface area (Å²) in [4.78, 5) is 0. The predicted octanol–water partition coefficient (Wildman–Crippen LogP) is 5.09. The third-order valence-corrected chi connectivity index (χ3v) is 8.72. The highest BCUT2D eigenvalue weighted by atomic mass is 28.3. The molecule has 1 heteroatoms. The van der Waals surface area contributed by atoms with Crippen LogP contribution in [0.1, 0.15) is 33.3 Å². The molecule has 0 N–H and O–H groups in total. The summed E-state index contributed by atoms with van der Waals surface area (Å²) in [5.41, 5.74) is 6.81. The molecular weight excluding hydrogens is 316 g/mol. The van der Waals surface area contributed by atoms with Gasteiger partial charge >= 0.3 is 0 Å². The maximum atomic E-state index is 2.45. The summed E-state index contributed by atoms with van der Waals surface area (Å²) in [6.45, 7) is 0. The number of hydrogen-bond acceptors (Lipinski definition) is 0. The van der Waals surface area contributed by atoms with E-state index < -0.39 is 8.80 Å². The standard InChI is InChI=1S/C24H19Si/c1-2-10-20(11-3-1)25(23-16-14-18-8-4-6-12-21(18)23)24-17-15-19-9-5-7-13-22(19)24/h1-17,23-24H. The van der Waals surface area contributed by atoms with E-state index in [1.807, 2.05) is 0 Å². The second kappa shape index (κ2) is 6.02. The van der Waals surface area contributed by atoms with Crippen molar-refractivity contribution in [3.05, 3.63) is 113 Å². The molecule has 0 fully saturated rings. The Balaban J connectivity index is 1.65. The summed E-state index contributed by atoms with van der Waals surface area (Å²) in [5, 5.41) is 1.52. The first kappa shape index (κ1) is 14.7. The molecule has 119 valence electrons. The van der Waals surface area contributed by atoms with Crippen LogP contribution in [-0.2, 0) is 0 Å². The molecule has 2 unspecified atom stereocenters. The van der Waals surface area contributed by atoms with Crippen LogP contribution in [0.5, 0.6) is 0 Å². The Kier molecular flexibility index (Phi) is 3.53. The molecule has 2 aliphatic carbocycles. The average molecular weight is 336 g/mol. The summed E-state index contributed by atoms with van der Waals surface area (Å²) in [7, 11) is -0.875. The monoisotopic (exact) mass is 335 g/mol. The molecule has 3 aromatic rings. The molecule has 2 atom stereocenters. The molecule has 25 heavy (non-hydrogen) atoms. The fourth-order valence-electron chi connectivity index (χ4n) is 4.22. The van der Waals surface area contributed by atoms with Gasteiger partial charge < -0.3 is 0 Å². The van der Waals surface area contributed by atoms with E-state index >= 15 is 0 Å². The summed E-state index contributed by atoms with van der Waals surface area (Å²) >= 11 is 0. The van der Waals surface area contributed by atoms with Gasteiger partial charge in [0, 0.05) is 11.1 Å². The third-order valence-electron chi connectivity index (χ3n) is 5.38. The highest BCUT2D eigenvalue weighted by Crippen LogP contribution is 2.40. The van der Waals surface area contributed by atoms with Gasteiger partial charge in [-0.2, -0.15) is 0 Å². The molecule has 0 bridgehead atoms. The molecule has 3 aromatic carbocycles. The van der Waals surface area contributed by atoms with Crippen LogP contribution in [0.25, 0.3) is 12.2 Å². The van der Waals surface area contributed by atoms with Crippen LogP contribution in [0.15, 0.2) is 91.0 Å². The first-order valence-corrected chi connectivity index (χ1v) is 10.5. The van der Waals surface area contributed by atoms with Gasteiger partial charge in [-0.15, -0.1) is 0 Å². The average Bonchev–Trinajstić information content (AvgIpc) is 3.29. The Labute approximate surface area is 150 Å². The first-order valence-electron chi connectivity index (χ1n) is 8.88. The van der Waals surface area contributed by atoms with E-state index in [1.165, 1.54) is 27.4 Å². The lowest BCUT2D eigenvalue weighted by atomic mass is 10.1. The van der Waals surface area contributed by atoms with Crippen molar-refractivity contribution in [1.29, 1.82) is 0 Å². The van der Waals surface area contributed by atoms with E-state index in [0.717, 1.165) is 0 Å². The van der Waals surface area contributed by atoms with E-state index in [4.69, 9.17) is 0 Å². The minimum Gasteiger partial charge on any atom is -0.0789 e. The molecule has 0 amide bonds. The van der Waals surface area contributed by atoms with Gasteiger partial charge in [0.1, 0.15) is 8.80 Å². The van der Waals surface area contributed by atoms with Crippen molar-refractivity contribution in [2.75, 3.05) is 0 Å². The highest BCUT2D eigenvalue weighted by molar-refractivity contribution is 6.77. The molecule has 5 rings (SSSR count). The van der Waals surface area contributed by atoms with Gasteiger partial charge in [-0.05, 0) is 22.3 Å². The molecule has 0 saturated carbocycles. The zero-order valence-corrected chi connectivity index (χ0v) is 15.0. The van der Waals surface area contributed by atoms with E-state index in [-0.39, 0.29) is 0 Å². The maximum absolute atomic E-state index is 2.45. The topological polar surface area (TPSA) is 0 Å². The van der Waals surface area contributed by atoms with Crippen LogP contribution < -0.4 is 5.19 Å². The minimum atomic E-state index is -0.875. The number of hydrogen-bond donors (Lipinski definition) is 0. The second-order valence-corrected chi connectivity index (χ2v) is 9.48. The van der Waals surface area contributed by atoms with Crippen LogP contribution in [0, 0.1) is 0 Å². The van der Waals surface area contributed by atoms with Gasteiger partial charge in [-0.3, -0.25) is 0 Å². The van der Waals surface area contributed by atoms with Crippen LogP contribution in [0.3, 0.4) is 0 Å². The van der Waals surface area contributed by atoms with Crippen LogP contribution in [0.4, 0.5) is 0 Å². The summed E-state index contributed by atoms with van der Waals surface area (Å²) in [6.07, 6.45) is 9.53. The number of benzene rings is 3. The van der Waals surface area contributed by atoms with E-state index in [2.05, 4.69) is 103 Å². The normalized spacial score (nSPS) is 20.0. The van der Waals surface area contributed by atoms with Gasteiger partial charge in [-0.1, -0.05) is 108 Å². The van der Waals surface area contributed by atoms with Crippen molar-refractivity contribution in [2.24, 2.45) is 0 Å². The molecule has 0 aromatic heterocycles. The van der Waals surface area contributed by atoms with Gasteiger partial charge in [0.25, 0.3) is 0 Å². The summed E-state index contributed by atoms with van der Waals surface area (Å²) in [6, 6.07) is 28.9. The number of rotatable bonds is 3. The lowest BCUT2D eigenvalue weighted by Crippen LogP contribution is -2.41. The quantitative estimate of drug-likeness (QED) is 0.585. The Morgan fingerprint density at radius 1 is 0.520 bits per heavy atom. The number of allylic oxidation sites excluding steroid dienone is 2. The van der Waals surface area contributed by atoms with E-state index in [1.54, 1.807) is 0 Å². The van der Waals surface area contributed by atoms with Crippen molar-refractivity contribution in [2.45, 2.75) is 11.1 Å². The van der Waals surface area contributed by atoms with Crippen molar-refractivity contribution in [3.63, 3.8) is 0 Å². The molecule has 0 saturated heterocycles. The molecule has 1 radical (unpaired) electrons. The molecule has 0 nitrogen and oxygen atoms in total. The molecule has 0 aliphatic heterocycles. The minimum absolute atomic E-state index is 0.518. The fourth-order valence-corrected chi connectivity index (χ4v) is 7.71. The van der Waals surface area contributed by atoms with Crippen molar-refractivity contribution in [1.82, 2.24) is 0 Å².